The molecule has 0 aromatic heterocycles. The van der Waals surface area contributed by atoms with Crippen molar-refractivity contribution < 1.29 is 23.8 Å². The maximum atomic E-state index is 12.1. The summed E-state index contributed by atoms with van der Waals surface area (Å²) < 4.78 is 15.7. The Morgan fingerprint density at radius 1 is 1.11 bits per heavy atom. The van der Waals surface area contributed by atoms with Crippen molar-refractivity contribution in [2.45, 2.75) is 6.42 Å². The molecule has 0 spiro atoms. The maximum absolute atomic E-state index is 12.1. The molecule has 0 bridgehead atoms. The monoisotopic (exact) mass is 369 g/mol. The molecule has 27 heavy (non-hydrogen) atoms. The third-order valence-electron chi connectivity index (χ3n) is 3.67. The molecule has 2 rings (SSSR count). The minimum Gasteiger partial charge on any atom is -0.493 e. The highest BCUT2D eigenvalue weighted by atomic mass is 16.5. The number of benzene rings is 2. The van der Waals surface area contributed by atoms with Crippen LogP contribution in [0, 0.1) is 0 Å². The van der Waals surface area contributed by atoms with Crippen LogP contribution >= 0.6 is 0 Å². The number of esters is 1. The lowest BCUT2D eigenvalue weighted by molar-refractivity contribution is -0.124. The number of carbonyl (C=O) groups excluding carboxylic acids is 2. The third-order valence-corrected chi connectivity index (χ3v) is 3.67. The summed E-state index contributed by atoms with van der Waals surface area (Å²) in [6, 6.07) is 14.5. The topological polar surface area (TPSA) is 73.9 Å². The van der Waals surface area contributed by atoms with E-state index in [2.05, 4.69) is 11.9 Å². The fourth-order valence-corrected chi connectivity index (χ4v) is 2.32. The predicted octanol–water partition coefficient (Wildman–Crippen LogP) is 2.78. The van der Waals surface area contributed by atoms with Crippen LogP contribution in [0.25, 0.3) is 0 Å². The number of rotatable bonds is 10. The molecule has 0 heterocycles. The van der Waals surface area contributed by atoms with Gasteiger partial charge in [0.15, 0.2) is 18.1 Å². The van der Waals surface area contributed by atoms with E-state index in [4.69, 9.17) is 14.2 Å². The highest BCUT2D eigenvalue weighted by Crippen LogP contribution is 2.28. The Morgan fingerprint density at radius 3 is 2.59 bits per heavy atom. The van der Waals surface area contributed by atoms with Gasteiger partial charge in [0, 0.05) is 6.54 Å². The summed E-state index contributed by atoms with van der Waals surface area (Å²) >= 11 is 0. The largest absolute Gasteiger partial charge is 0.493 e. The lowest BCUT2D eigenvalue weighted by Crippen LogP contribution is -2.30. The third kappa shape index (κ3) is 6.51. The molecule has 0 radical (unpaired) electrons. The summed E-state index contributed by atoms with van der Waals surface area (Å²) in [5, 5.41) is 2.72. The van der Waals surface area contributed by atoms with Crippen LogP contribution in [-0.2, 0) is 16.0 Å². The molecule has 1 N–H and O–H groups in total. The van der Waals surface area contributed by atoms with Crippen LogP contribution in [0.2, 0.25) is 0 Å². The zero-order chi connectivity index (χ0) is 19.5. The zero-order valence-corrected chi connectivity index (χ0v) is 15.3. The summed E-state index contributed by atoms with van der Waals surface area (Å²) in [5.74, 6) is -0.0646. The zero-order valence-electron chi connectivity index (χ0n) is 15.3. The van der Waals surface area contributed by atoms with Gasteiger partial charge in [0.1, 0.15) is 6.61 Å². The van der Waals surface area contributed by atoms with Crippen LogP contribution in [0.3, 0.4) is 0 Å². The van der Waals surface area contributed by atoms with Gasteiger partial charge >= 0.3 is 5.97 Å². The van der Waals surface area contributed by atoms with E-state index in [0.29, 0.717) is 31.1 Å². The van der Waals surface area contributed by atoms with Crippen molar-refractivity contribution in [3.63, 3.8) is 0 Å². The molecule has 0 saturated heterocycles. The fourth-order valence-electron chi connectivity index (χ4n) is 2.32. The Bertz CT molecular complexity index is 773. The SMILES string of the molecule is C=CCOc1ccc(C(=O)OCC(=O)NCCc2ccccc2)cc1OC. The highest BCUT2D eigenvalue weighted by molar-refractivity contribution is 5.92. The normalized spacial score (nSPS) is 9.96. The van der Waals surface area contributed by atoms with Crippen molar-refractivity contribution in [2.75, 3.05) is 26.9 Å². The Morgan fingerprint density at radius 2 is 1.89 bits per heavy atom. The molecular formula is C21H23NO5. The molecule has 0 fully saturated rings. The molecule has 0 aliphatic heterocycles. The smallest absolute Gasteiger partial charge is 0.338 e. The van der Waals surface area contributed by atoms with Crippen LogP contribution in [0.15, 0.2) is 61.2 Å². The lowest BCUT2D eigenvalue weighted by Gasteiger charge is -2.11. The molecule has 2 aromatic carbocycles. The second-order valence-corrected chi connectivity index (χ2v) is 5.63. The number of methoxy groups -OCH3 is 1. The predicted molar refractivity (Wildman–Crippen MR) is 102 cm³/mol. The van der Waals surface area contributed by atoms with Gasteiger partial charge in [0.05, 0.1) is 12.7 Å². The second kappa shape index (κ2) is 10.7. The lowest BCUT2D eigenvalue weighted by atomic mass is 10.1. The molecule has 6 heteroatoms. The van der Waals surface area contributed by atoms with Crippen molar-refractivity contribution in [1.29, 1.82) is 0 Å². The van der Waals surface area contributed by atoms with Gasteiger partial charge in [0.25, 0.3) is 5.91 Å². The van der Waals surface area contributed by atoms with Crippen LogP contribution in [-0.4, -0.2) is 38.7 Å². The van der Waals surface area contributed by atoms with Crippen molar-refractivity contribution in [2.24, 2.45) is 0 Å². The van der Waals surface area contributed by atoms with Gasteiger partial charge in [-0.15, -0.1) is 0 Å². The van der Waals surface area contributed by atoms with E-state index in [1.807, 2.05) is 30.3 Å². The van der Waals surface area contributed by atoms with Gasteiger partial charge in [-0.05, 0) is 30.2 Å². The Hall–Kier alpha value is -3.28. The molecule has 6 nitrogen and oxygen atoms in total. The summed E-state index contributed by atoms with van der Waals surface area (Å²) in [6.07, 6.45) is 2.32. The van der Waals surface area contributed by atoms with Crippen molar-refractivity contribution in [3.05, 3.63) is 72.3 Å². The number of nitrogens with one attached hydrogen (secondary N) is 1. The first kappa shape index (κ1) is 20.0. The molecular weight excluding hydrogens is 346 g/mol. The van der Waals surface area contributed by atoms with Gasteiger partial charge < -0.3 is 19.5 Å². The summed E-state index contributed by atoms with van der Waals surface area (Å²) in [6.45, 7) is 4.03. The Labute approximate surface area is 158 Å². The van der Waals surface area contributed by atoms with E-state index in [0.717, 1.165) is 5.56 Å². The minimum absolute atomic E-state index is 0.273. The van der Waals surface area contributed by atoms with Crippen molar-refractivity contribution >= 4 is 11.9 Å². The molecule has 0 unspecified atom stereocenters. The van der Waals surface area contributed by atoms with Crippen molar-refractivity contribution in [3.8, 4) is 11.5 Å². The van der Waals surface area contributed by atoms with E-state index >= 15 is 0 Å². The molecule has 0 aliphatic rings. The average Bonchev–Trinajstić information content (AvgIpc) is 2.71. The van der Waals surface area contributed by atoms with Gasteiger partial charge in [0.2, 0.25) is 0 Å². The molecule has 0 aliphatic carbocycles. The summed E-state index contributed by atoms with van der Waals surface area (Å²) in [7, 11) is 1.48. The number of carbonyl (C=O) groups is 2. The van der Waals surface area contributed by atoms with E-state index in [9.17, 15) is 9.59 Å². The van der Waals surface area contributed by atoms with Crippen LogP contribution in [0.1, 0.15) is 15.9 Å². The first-order chi connectivity index (χ1) is 13.1. The minimum atomic E-state index is -0.609. The molecule has 142 valence electrons. The Balaban J connectivity index is 1.80. The molecule has 2 aromatic rings. The number of ether oxygens (including phenoxy) is 3. The quantitative estimate of drug-likeness (QED) is 0.515. The molecule has 0 saturated carbocycles. The summed E-state index contributed by atoms with van der Waals surface area (Å²) in [5.41, 5.74) is 1.40. The van der Waals surface area contributed by atoms with E-state index < -0.39 is 5.97 Å². The molecule has 1 amide bonds. The first-order valence-electron chi connectivity index (χ1n) is 8.53. The van der Waals surface area contributed by atoms with E-state index in [-0.39, 0.29) is 18.1 Å². The van der Waals surface area contributed by atoms with E-state index in [1.165, 1.54) is 13.2 Å². The number of hydrogen-bond acceptors (Lipinski definition) is 5. The maximum Gasteiger partial charge on any atom is 0.338 e. The number of hydrogen-bond donors (Lipinski definition) is 1. The standard InChI is InChI=1S/C21H23NO5/c1-3-13-26-18-10-9-17(14-19(18)25-2)21(24)27-15-20(23)22-12-11-16-7-5-4-6-8-16/h3-10,14H,1,11-13,15H2,2H3,(H,22,23). The van der Waals surface area contributed by atoms with Gasteiger partial charge in [-0.25, -0.2) is 4.79 Å². The first-order valence-corrected chi connectivity index (χ1v) is 8.53. The second-order valence-electron chi connectivity index (χ2n) is 5.63. The van der Waals surface area contributed by atoms with Gasteiger partial charge in [-0.2, -0.15) is 0 Å². The number of amides is 1. The van der Waals surface area contributed by atoms with Gasteiger partial charge in [-0.1, -0.05) is 43.0 Å². The van der Waals surface area contributed by atoms with Gasteiger partial charge in [-0.3, -0.25) is 4.79 Å². The molecule has 0 atom stereocenters. The summed E-state index contributed by atoms with van der Waals surface area (Å²) in [4.78, 5) is 23.9. The van der Waals surface area contributed by atoms with Crippen LogP contribution < -0.4 is 14.8 Å². The average molecular weight is 369 g/mol. The van der Waals surface area contributed by atoms with Crippen LogP contribution in [0.4, 0.5) is 0 Å². The van der Waals surface area contributed by atoms with Crippen molar-refractivity contribution in [1.82, 2.24) is 5.32 Å². The van der Waals surface area contributed by atoms with Crippen LogP contribution in [0.5, 0.6) is 11.5 Å². The van der Waals surface area contributed by atoms with E-state index in [1.54, 1.807) is 18.2 Å². The highest BCUT2D eigenvalue weighted by Gasteiger charge is 2.13. The Kier molecular flexibility index (Phi) is 7.91. The fraction of sp³-hybridized carbons (Fsp3) is 0.238.